The molecule has 0 aromatic rings. The van der Waals surface area contributed by atoms with Gasteiger partial charge >= 0.3 is 59.8 Å². The Morgan fingerprint density at radius 1 is 0.690 bits per heavy atom. The molecule has 0 aromatic carbocycles. The predicted molar refractivity (Wildman–Crippen MR) is 100 cm³/mol. The average molecular weight is 662 g/mol. The van der Waals surface area contributed by atoms with Crippen molar-refractivity contribution in [3.8, 4) is 0 Å². The minimum Gasteiger partial charge on any atom is -0.463 e. The van der Waals surface area contributed by atoms with Crippen LogP contribution in [0.2, 0.25) is 0 Å². The molecule has 0 bridgehead atoms. The topological polar surface area (TPSA) is 52.6 Å². The zero-order valence-electron chi connectivity index (χ0n) is 20.4. The van der Waals surface area contributed by atoms with E-state index < -0.39 is 89.9 Å². The predicted octanol–water partition coefficient (Wildman–Crippen LogP) is 7.68. The Kier molecular flexibility index (Phi) is 11.2. The molecule has 0 fully saturated rings. The minimum absolute atomic E-state index is 0.263. The van der Waals surface area contributed by atoms with Gasteiger partial charge in [-0.1, -0.05) is 12.7 Å². The SMILES string of the molecule is C=C(C(=O)OC(CC=C(C)C(=O)OCC)CC(F)(F)C(F)(F)C(F)(F)C(F)(F)F)C(F)(F)C(F)(F)C(F)(F)C(F)(F)F. The lowest BCUT2D eigenvalue weighted by molar-refractivity contribution is -0.398. The molecule has 1 atom stereocenters. The molecule has 0 aliphatic heterocycles. The molecule has 42 heavy (non-hydrogen) atoms. The van der Waals surface area contributed by atoms with E-state index >= 15 is 0 Å². The highest BCUT2D eigenvalue weighted by atomic mass is 19.4. The van der Waals surface area contributed by atoms with Crippen molar-refractivity contribution in [2.75, 3.05) is 6.61 Å². The lowest BCUT2D eigenvalue weighted by Gasteiger charge is -2.35. The highest BCUT2D eigenvalue weighted by molar-refractivity contribution is 5.90. The van der Waals surface area contributed by atoms with Crippen LogP contribution in [0.4, 0.5) is 79.0 Å². The molecule has 1 unspecified atom stereocenters. The van der Waals surface area contributed by atoms with Crippen molar-refractivity contribution in [2.24, 2.45) is 0 Å². The van der Waals surface area contributed by atoms with Gasteiger partial charge in [0.15, 0.2) is 0 Å². The molecular formula is C20H16F18O4. The van der Waals surface area contributed by atoms with Crippen LogP contribution in [0.3, 0.4) is 0 Å². The minimum atomic E-state index is -7.61. The van der Waals surface area contributed by atoms with Crippen LogP contribution in [-0.2, 0) is 19.1 Å². The van der Waals surface area contributed by atoms with Gasteiger partial charge < -0.3 is 9.47 Å². The summed E-state index contributed by atoms with van der Waals surface area (Å²) in [6.45, 7) is 3.36. The van der Waals surface area contributed by atoms with E-state index in [2.05, 4.69) is 9.47 Å². The van der Waals surface area contributed by atoms with Crippen LogP contribution in [-0.4, -0.2) is 72.5 Å². The second-order valence-electron chi connectivity index (χ2n) is 8.13. The Balaban J connectivity index is 6.61. The zero-order valence-corrected chi connectivity index (χ0v) is 20.4. The van der Waals surface area contributed by atoms with Gasteiger partial charge in [-0.3, -0.25) is 0 Å². The van der Waals surface area contributed by atoms with E-state index in [0.717, 1.165) is 6.92 Å². The number of carbonyl (C=O) groups excluding carboxylic acids is 2. The summed E-state index contributed by atoms with van der Waals surface area (Å²) in [4.78, 5) is 23.4. The summed E-state index contributed by atoms with van der Waals surface area (Å²) in [5.41, 5.74) is -4.07. The Bertz CT molecular complexity index is 1040. The summed E-state index contributed by atoms with van der Waals surface area (Å²) in [5, 5.41) is 0. The van der Waals surface area contributed by atoms with Crippen LogP contribution in [0.15, 0.2) is 23.8 Å². The number of hydrogen-bond donors (Lipinski definition) is 0. The van der Waals surface area contributed by atoms with Crippen molar-refractivity contribution in [2.45, 2.75) is 80.7 Å². The number of halogens is 18. The Morgan fingerprint density at radius 3 is 1.48 bits per heavy atom. The van der Waals surface area contributed by atoms with Gasteiger partial charge in [-0.15, -0.1) is 0 Å². The first-order valence-electron chi connectivity index (χ1n) is 10.4. The Morgan fingerprint density at radius 2 is 1.10 bits per heavy atom. The smallest absolute Gasteiger partial charge is 0.460 e. The van der Waals surface area contributed by atoms with E-state index in [4.69, 9.17) is 0 Å². The monoisotopic (exact) mass is 662 g/mol. The molecule has 0 amide bonds. The number of carbonyl (C=O) groups is 2. The van der Waals surface area contributed by atoms with Gasteiger partial charge in [0.25, 0.3) is 0 Å². The maximum absolute atomic E-state index is 14.1. The molecule has 4 nitrogen and oxygen atoms in total. The molecule has 0 rings (SSSR count). The molecule has 0 saturated heterocycles. The van der Waals surface area contributed by atoms with Gasteiger partial charge in [-0.2, -0.15) is 79.0 Å². The van der Waals surface area contributed by atoms with Crippen molar-refractivity contribution < 1.29 is 98.1 Å². The third-order valence-corrected chi connectivity index (χ3v) is 5.02. The molecule has 0 radical (unpaired) electrons. The summed E-state index contributed by atoms with van der Waals surface area (Å²) < 4.78 is 245. The standard InChI is InChI=1S/C20H16F18O4/c1-4-41-11(39)8(2)5-6-10(7-13(21,22)15(25,26)17(29,30)19(33,34)35)42-12(40)9(3)14(23,24)16(27,28)18(31,32)20(36,37)38/h5,10H,3-4,6-7H2,1-2H3. The van der Waals surface area contributed by atoms with Crippen molar-refractivity contribution in [1.29, 1.82) is 0 Å². The largest absolute Gasteiger partial charge is 0.463 e. The van der Waals surface area contributed by atoms with E-state index in [-0.39, 0.29) is 12.7 Å². The Labute approximate surface area is 222 Å². The van der Waals surface area contributed by atoms with E-state index in [1.165, 1.54) is 6.92 Å². The van der Waals surface area contributed by atoms with Crippen molar-refractivity contribution in [3.63, 3.8) is 0 Å². The second kappa shape index (κ2) is 12.0. The van der Waals surface area contributed by atoms with Gasteiger partial charge in [0.1, 0.15) is 11.7 Å². The lowest BCUT2D eigenvalue weighted by atomic mass is 9.96. The van der Waals surface area contributed by atoms with Gasteiger partial charge in [-0.05, 0) is 13.8 Å². The third kappa shape index (κ3) is 7.20. The number of alkyl halides is 18. The van der Waals surface area contributed by atoms with Gasteiger partial charge in [0.2, 0.25) is 0 Å². The maximum Gasteiger partial charge on any atom is 0.460 e. The normalized spacial score (nSPS) is 15.8. The number of esters is 2. The maximum atomic E-state index is 14.1. The van der Waals surface area contributed by atoms with Crippen LogP contribution in [0.1, 0.15) is 26.7 Å². The van der Waals surface area contributed by atoms with E-state index in [1.807, 2.05) is 0 Å². The molecule has 246 valence electrons. The summed E-state index contributed by atoms with van der Waals surface area (Å²) in [6, 6.07) is 0. The molecule has 0 N–H and O–H groups in total. The molecular weight excluding hydrogens is 646 g/mol. The number of hydrogen-bond acceptors (Lipinski definition) is 4. The van der Waals surface area contributed by atoms with E-state index in [0.29, 0.717) is 0 Å². The Hall–Kier alpha value is -2.84. The highest BCUT2D eigenvalue weighted by Gasteiger charge is 2.83. The van der Waals surface area contributed by atoms with E-state index in [1.54, 1.807) is 6.58 Å². The number of ether oxygens (including phenoxy) is 2. The fourth-order valence-electron chi connectivity index (χ4n) is 2.55. The highest BCUT2D eigenvalue weighted by Crippen LogP contribution is 2.56. The van der Waals surface area contributed by atoms with Crippen molar-refractivity contribution in [1.82, 2.24) is 0 Å². The molecule has 0 aromatic heterocycles. The number of rotatable bonds is 13. The fraction of sp³-hybridized carbons (Fsp3) is 0.700. The van der Waals surface area contributed by atoms with Crippen molar-refractivity contribution in [3.05, 3.63) is 23.8 Å². The molecule has 0 heterocycles. The van der Waals surface area contributed by atoms with Gasteiger partial charge in [0, 0.05) is 12.0 Å². The third-order valence-electron chi connectivity index (χ3n) is 5.02. The zero-order chi connectivity index (χ0) is 34.1. The van der Waals surface area contributed by atoms with Crippen LogP contribution >= 0.6 is 0 Å². The average Bonchev–Trinajstić information content (AvgIpc) is 2.79. The first kappa shape index (κ1) is 39.2. The summed E-state index contributed by atoms with van der Waals surface area (Å²) >= 11 is 0. The van der Waals surface area contributed by atoms with Gasteiger partial charge in [-0.25, -0.2) is 9.59 Å². The first-order chi connectivity index (χ1) is 18.3. The second-order valence-corrected chi connectivity index (χ2v) is 8.13. The summed E-state index contributed by atoms with van der Waals surface area (Å²) in [7, 11) is 0. The molecule has 0 aliphatic carbocycles. The first-order valence-corrected chi connectivity index (χ1v) is 10.4. The van der Waals surface area contributed by atoms with E-state index in [9.17, 15) is 88.6 Å². The fourth-order valence-corrected chi connectivity index (χ4v) is 2.55. The van der Waals surface area contributed by atoms with Crippen LogP contribution in [0.25, 0.3) is 0 Å². The molecule has 0 aliphatic rings. The van der Waals surface area contributed by atoms with Crippen LogP contribution < -0.4 is 0 Å². The van der Waals surface area contributed by atoms with Crippen LogP contribution in [0, 0.1) is 0 Å². The summed E-state index contributed by atoms with van der Waals surface area (Å²) in [6.07, 6.45) is -22.7. The molecule has 0 spiro atoms. The lowest BCUT2D eigenvalue weighted by Crippen LogP contribution is -2.62. The summed E-state index contributed by atoms with van der Waals surface area (Å²) in [5.74, 6) is -48.3. The molecule has 22 heteroatoms. The molecule has 0 saturated carbocycles. The van der Waals surface area contributed by atoms with Crippen molar-refractivity contribution >= 4 is 11.9 Å². The van der Waals surface area contributed by atoms with Gasteiger partial charge in [0.05, 0.1) is 13.0 Å². The quantitative estimate of drug-likeness (QED) is 0.115. The van der Waals surface area contributed by atoms with Crippen LogP contribution in [0.5, 0.6) is 0 Å².